The van der Waals surface area contributed by atoms with Gasteiger partial charge in [0.25, 0.3) is 0 Å². The standard InChI is InChI=1S/C13H20O/c1-4-8(2)13-10-5-6-11(13)12(7-10)9(3)14/h10-12H,4-7H2,1-3H3/b13-8-. The molecular formula is C13H20O. The lowest BCUT2D eigenvalue weighted by Gasteiger charge is -2.17. The highest BCUT2D eigenvalue weighted by Gasteiger charge is 2.46. The third-order valence-electron chi connectivity index (χ3n) is 4.23. The molecule has 1 nitrogen and oxygen atoms in total. The Hall–Kier alpha value is -0.590. The molecule has 78 valence electrons. The fourth-order valence-electron chi connectivity index (χ4n) is 3.45. The van der Waals surface area contributed by atoms with Crippen LogP contribution in [-0.2, 0) is 4.79 Å². The highest BCUT2D eigenvalue weighted by molar-refractivity contribution is 5.80. The molecule has 2 bridgehead atoms. The number of carbonyl (C=O) groups is 1. The highest BCUT2D eigenvalue weighted by Crippen LogP contribution is 2.54. The Balaban J connectivity index is 2.29. The normalized spacial score (nSPS) is 38.9. The summed E-state index contributed by atoms with van der Waals surface area (Å²) >= 11 is 0. The molecule has 0 saturated heterocycles. The minimum absolute atomic E-state index is 0.366. The number of hydrogen-bond acceptors (Lipinski definition) is 1. The van der Waals surface area contributed by atoms with Crippen LogP contribution >= 0.6 is 0 Å². The van der Waals surface area contributed by atoms with Crippen LogP contribution in [0.2, 0.25) is 0 Å². The van der Waals surface area contributed by atoms with Gasteiger partial charge in [0.1, 0.15) is 5.78 Å². The smallest absolute Gasteiger partial charge is 0.133 e. The van der Waals surface area contributed by atoms with E-state index in [1.54, 1.807) is 18.1 Å². The molecule has 0 N–H and O–H groups in total. The monoisotopic (exact) mass is 192 g/mol. The lowest BCUT2D eigenvalue weighted by atomic mass is 9.86. The number of rotatable bonds is 2. The van der Waals surface area contributed by atoms with E-state index in [2.05, 4.69) is 13.8 Å². The van der Waals surface area contributed by atoms with Crippen molar-refractivity contribution in [1.82, 2.24) is 0 Å². The van der Waals surface area contributed by atoms with Gasteiger partial charge in [0.2, 0.25) is 0 Å². The molecule has 3 unspecified atom stereocenters. The summed E-state index contributed by atoms with van der Waals surface area (Å²) in [5.74, 6) is 2.16. The minimum atomic E-state index is 0.366. The third-order valence-corrected chi connectivity index (χ3v) is 4.23. The first kappa shape index (κ1) is 9.95. The van der Waals surface area contributed by atoms with Crippen LogP contribution in [0.4, 0.5) is 0 Å². The van der Waals surface area contributed by atoms with Gasteiger partial charge in [-0.3, -0.25) is 4.79 Å². The minimum Gasteiger partial charge on any atom is -0.300 e. The van der Waals surface area contributed by atoms with Gasteiger partial charge in [0, 0.05) is 5.92 Å². The topological polar surface area (TPSA) is 17.1 Å². The SMILES string of the molecule is CC/C(C)=C1/C2CCC1C(C(C)=O)C2. The molecule has 3 atom stereocenters. The number of ketones is 1. The third kappa shape index (κ3) is 1.34. The summed E-state index contributed by atoms with van der Waals surface area (Å²) in [7, 11) is 0. The van der Waals surface area contributed by atoms with Crippen molar-refractivity contribution in [3.05, 3.63) is 11.1 Å². The van der Waals surface area contributed by atoms with Crippen molar-refractivity contribution in [2.75, 3.05) is 0 Å². The van der Waals surface area contributed by atoms with E-state index in [0.717, 1.165) is 18.8 Å². The van der Waals surface area contributed by atoms with Gasteiger partial charge in [-0.05, 0) is 51.4 Å². The van der Waals surface area contributed by atoms with Crippen molar-refractivity contribution >= 4 is 5.78 Å². The molecule has 2 fully saturated rings. The molecule has 0 heterocycles. The molecule has 0 aliphatic heterocycles. The number of Topliss-reactive ketones (excluding diaryl/α,β-unsaturated/α-hetero) is 1. The van der Waals surface area contributed by atoms with Gasteiger partial charge < -0.3 is 0 Å². The molecule has 2 aliphatic rings. The van der Waals surface area contributed by atoms with Crippen LogP contribution in [0.1, 0.15) is 46.5 Å². The fourth-order valence-corrected chi connectivity index (χ4v) is 3.45. The van der Waals surface area contributed by atoms with E-state index in [1.165, 1.54) is 12.8 Å². The number of carbonyl (C=O) groups excluding carboxylic acids is 1. The Morgan fingerprint density at radius 3 is 2.57 bits per heavy atom. The number of allylic oxidation sites excluding steroid dienone is 2. The Morgan fingerprint density at radius 2 is 2.07 bits per heavy atom. The summed E-state index contributed by atoms with van der Waals surface area (Å²) in [6.07, 6.45) is 4.91. The van der Waals surface area contributed by atoms with Crippen LogP contribution in [-0.4, -0.2) is 5.78 Å². The van der Waals surface area contributed by atoms with Crippen molar-refractivity contribution in [3.8, 4) is 0 Å². The van der Waals surface area contributed by atoms with Crippen LogP contribution in [0.15, 0.2) is 11.1 Å². The summed E-state index contributed by atoms with van der Waals surface area (Å²) in [5, 5.41) is 0. The van der Waals surface area contributed by atoms with E-state index in [-0.39, 0.29) is 0 Å². The zero-order valence-corrected chi connectivity index (χ0v) is 9.47. The summed E-state index contributed by atoms with van der Waals surface area (Å²) in [6, 6.07) is 0. The van der Waals surface area contributed by atoms with Crippen LogP contribution in [0.3, 0.4) is 0 Å². The predicted molar refractivity (Wildman–Crippen MR) is 58.0 cm³/mol. The van der Waals surface area contributed by atoms with Gasteiger partial charge in [-0.1, -0.05) is 18.1 Å². The first-order valence-corrected chi connectivity index (χ1v) is 5.85. The summed E-state index contributed by atoms with van der Waals surface area (Å²) in [6.45, 7) is 6.25. The van der Waals surface area contributed by atoms with Crippen LogP contribution in [0.25, 0.3) is 0 Å². The maximum atomic E-state index is 11.5. The first-order valence-electron chi connectivity index (χ1n) is 5.85. The Bertz CT molecular complexity index is 288. The maximum absolute atomic E-state index is 11.5. The second-order valence-electron chi connectivity index (χ2n) is 4.92. The van der Waals surface area contributed by atoms with E-state index >= 15 is 0 Å². The molecule has 1 heteroatoms. The van der Waals surface area contributed by atoms with Crippen molar-refractivity contribution in [2.24, 2.45) is 17.8 Å². The van der Waals surface area contributed by atoms with E-state index in [4.69, 9.17) is 0 Å². The second kappa shape index (κ2) is 3.52. The second-order valence-corrected chi connectivity index (χ2v) is 4.92. The zero-order chi connectivity index (χ0) is 10.3. The van der Waals surface area contributed by atoms with E-state index in [0.29, 0.717) is 17.6 Å². The highest BCUT2D eigenvalue weighted by atomic mass is 16.1. The molecule has 14 heavy (non-hydrogen) atoms. The Kier molecular flexibility index (Phi) is 2.50. The van der Waals surface area contributed by atoms with Gasteiger partial charge in [-0.15, -0.1) is 0 Å². The quantitative estimate of drug-likeness (QED) is 0.613. The lowest BCUT2D eigenvalue weighted by Crippen LogP contribution is -2.18. The molecular weight excluding hydrogens is 172 g/mol. The van der Waals surface area contributed by atoms with Gasteiger partial charge >= 0.3 is 0 Å². The first-order chi connectivity index (χ1) is 6.65. The summed E-state index contributed by atoms with van der Waals surface area (Å²) in [5.41, 5.74) is 3.22. The number of fused-ring (bicyclic) bond motifs is 2. The van der Waals surface area contributed by atoms with Gasteiger partial charge in [0.15, 0.2) is 0 Å². The Morgan fingerprint density at radius 1 is 1.36 bits per heavy atom. The molecule has 0 aromatic heterocycles. The molecule has 0 aromatic rings. The molecule has 0 aromatic carbocycles. The van der Waals surface area contributed by atoms with E-state index in [9.17, 15) is 4.79 Å². The molecule has 2 rings (SSSR count). The predicted octanol–water partition coefficient (Wildman–Crippen LogP) is 3.35. The molecule has 2 aliphatic carbocycles. The van der Waals surface area contributed by atoms with E-state index in [1.807, 2.05) is 0 Å². The fraction of sp³-hybridized carbons (Fsp3) is 0.769. The van der Waals surface area contributed by atoms with Crippen molar-refractivity contribution in [2.45, 2.75) is 46.5 Å². The zero-order valence-electron chi connectivity index (χ0n) is 9.47. The van der Waals surface area contributed by atoms with Crippen LogP contribution < -0.4 is 0 Å². The average molecular weight is 192 g/mol. The van der Waals surface area contributed by atoms with Gasteiger partial charge in [-0.2, -0.15) is 0 Å². The van der Waals surface area contributed by atoms with Gasteiger partial charge in [0.05, 0.1) is 0 Å². The van der Waals surface area contributed by atoms with Crippen molar-refractivity contribution < 1.29 is 4.79 Å². The molecule has 0 radical (unpaired) electrons. The average Bonchev–Trinajstić information content (AvgIpc) is 2.73. The van der Waals surface area contributed by atoms with Crippen molar-refractivity contribution in [1.29, 1.82) is 0 Å². The molecule has 0 amide bonds. The number of hydrogen-bond donors (Lipinski definition) is 0. The largest absolute Gasteiger partial charge is 0.300 e. The van der Waals surface area contributed by atoms with Crippen LogP contribution in [0.5, 0.6) is 0 Å². The maximum Gasteiger partial charge on any atom is 0.133 e. The van der Waals surface area contributed by atoms with Crippen molar-refractivity contribution in [3.63, 3.8) is 0 Å². The summed E-state index contributed by atoms with van der Waals surface area (Å²) < 4.78 is 0. The van der Waals surface area contributed by atoms with Crippen LogP contribution in [0, 0.1) is 17.8 Å². The Labute approximate surface area is 86.6 Å². The van der Waals surface area contributed by atoms with Gasteiger partial charge in [-0.25, -0.2) is 0 Å². The lowest BCUT2D eigenvalue weighted by molar-refractivity contribution is -0.122. The summed E-state index contributed by atoms with van der Waals surface area (Å²) in [4.78, 5) is 11.5. The molecule has 2 saturated carbocycles. The molecule has 0 spiro atoms. The van der Waals surface area contributed by atoms with E-state index < -0.39 is 0 Å².